The molecule has 28 heteroatoms. The van der Waals surface area contributed by atoms with Gasteiger partial charge in [-0.15, -0.1) is 0 Å². The molecule has 0 saturated carbocycles. The number of anilines is 2. The number of carbonyl (C=O) groups is 2. The van der Waals surface area contributed by atoms with Gasteiger partial charge in [0, 0.05) is 19.2 Å². The van der Waals surface area contributed by atoms with Crippen LogP contribution < -0.4 is 28.2 Å². The van der Waals surface area contributed by atoms with Gasteiger partial charge in [0.2, 0.25) is 0 Å². The van der Waals surface area contributed by atoms with Crippen LogP contribution in [-0.2, 0) is 53.1 Å². The quantitative estimate of drug-likeness (QED) is 0.0341. The van der Waals surface area contributed by atoms with Crippen LogP contribution in [0.25, 0.3) is 11.2 Å². The fraction of sp³-hybridized carbons (Fsp3) is 0.485. The molecule has 26 nitrogen and oxygen atoms in total. The summed E-state index contributed by atoms with van der Waals surface area (Å²) < 4.78 is 64.8. The molecule has 6 rings (SSSR count). The van der Waals surface area contributed by atoms with Gasteiger partial charge < -0.3 is 61.3 Å². The summed E-state index contributed by atoms with van der Waals surface area (Å²) in [6, 6.07) is 9.18. The Morgan fingerprint density at radius 3 is 2.48 bits per heavy atom. The lowest BCUT2D eigenvalue weighted by Gasteiger charge is -2.24. The molecule has 2 aliphatic heterocycles. The number of alkyl carbamates (subject to hydrolysis) is 1. The molecule has 0 bridgehead atoms. The number of aliphatic hydroxyl groups excluding tert-OH is 1. The number of ether oxygens (including phenoxy) is 4. The number of amides is 1. The lowest BCUT2D eigenvalue weighted by atomic mass is 10.1. The summed E-state index contributed by atoms with van der Waals surface area (Å²) in [6.07, 6.45) is -6.64. The molecule has 332 valence electrons. The van der Waals surface area contributed by atoms with E-state index in [2.05, 4.69) is 29.8 Å². The molecular weight excluding hydrogens is 854 g/mol. The van der Waals surface area contributed by atoms with Crippen molar-refractivity contribution in [3.05, 3.63) is 71.3 Å². The number of nitrogens with one attached hydrogen (secondary N) is 1. The molecule has 0 aliphatic carbocycles. The van der Waals surface area contributed by atoms with Gasteiger partial charge >= 0.3 is 33.4 Å². The van der Waals surface area contributed by atoms with Gasteiger partial charge in [-0.2, -0.15) is 4.98 Å². The number of fused-ring (bicyclic) bond motifs is 1. The maximum atomic E-state index is 13.4. The zero-order valence-electron chi connectivity index (χ0n) is 32.0. The Morgan fingerprint density at radius 2 is 1.74 bits per heavy atom. The summed E-state index contributed by atoms with van der Waals surface area (Å²) in [7, 11) is -10.2. The molecule has 5 heterocycles. The Labute approximate surface area is 345 Å². The third-order valence-corrected chi connectivity index (χ3v) is 10.9. The standard InChI is InChI=1S/C33H44N10O16P2/c34-19(8-4-5-10-37-33(47)53-13-18-6-2-1-3-7-18)31(45)58-27-22(57-30(26(27)44)43-17-40-25-28(36)38-16-39-29(25)43)15-55-61(51,52)59-20-12-24(42-11-9-23(35)41-32(42)46)56-21(20)14-54-60(48,49)50/h1-3,6-7,9,11,16-17,19-22,24,26-27,30,44H,4-5,8,10,12-15,34H2,(H,37,47)(H,51,52)(H2,35,41,46)(H2,36,38,39)(H2,48,49,50)/t19-,20-,21+,22+,24?,26+,27+,30+/m0/s1. The van der Waals surface area contributed by atoms with Gasteiger partial charge in [-0.25, -0.2) is 33.7 Å². The second-order valence-corrected chi connectivity index (χ2v) is 16.4. The SMILES string of the molecule is Nc1ccn(C2C[C@H](OP(=O)(O)OC[C@H]3O[C@@H](n4cnc5c(N)ncnc54)[C@H](O)[C@@H]3OC(=O)[C@@H](N)CCCCNC(=O)OCc3ccccc3)[C@@H](COP(=O)(O)O)O2)c(=O)n1. The Balaban J connectivity index is 1.09. The summed E-state index contributed by atoms with van der Waals surface area (Å²) in [5.74, 6) is -1.05. The Morgan fingerprint density at radius 1 is 0.984 bits per heavy atom. The van der Waals surface area contributed by atoms with E-state index in [0.29, 0.717) is 12.8 Å². The van der Waals surface area contributed by atoms with Crippen LogP contribution in [0.3, 0.4) is 0 Å². The van der Waals surface area contributed by atoms with Gasteiger partial charge in [0.1, 0.15) is 61.0 Å². The van der Waals surface area contributed by atoms with E-state index >= 15 is 0 Å². The van der Waals surface area contributed by atoms with E-state index in [0.717, 1.165) is 16.5 Å². The highest BCUT2D eigenvalue weighted by molar-refractivity contribution is 7.47. The lowest BCUT2D eigenvalue weighted by Crippen LogP contribution is -2.43. The molecule has 0 radical (unpaired) electrons. The van der Waals surface area contributed by atoms with Gasteiger partial charge in [-0.3, -0.25) is 27.5 Å². The molecule has 1 aromatic carbocycles. The number of rotatable bonds is 19. The number of phosphoric acid groups is 2. The third kappa shape index (κ3) is 12.1. The molecule has 9 atom stereocenters. The monoisotopic (exact) mass is 898 g/mol. The number of imidazole rings is 1. The molecule has 11 N–H and O–H groups in total. The molecule has 2 fully saturated rings. The molecule has 0 spiro atoms. The maximum absolute atomic E-state index is 13.4. The second kappa shape index (κ2) is 19.8. The minimum absolute atomic E-state index is 0.0166. The predicted molar refractivity (Wildman–Crippen MR) is 206 cm³/mol. The number of nitrogen functional groups attached to an aromatic ring is 2. The van der Waals surface area contributed by atoms with Crippen LogP contribution in [0.4, 0.5) is 16.4 Å². The number of aliphatic hydroxyl groups is 1. The van der Waals surface area contributed by atoms with Crippen molar-refractivity contribution in [1.29, 1.82) is 0 Å². The number of nitrogens with two attached hydrogens (primary N) is 3. The number of aromatic nitrogens is 6. The summed E-state index contributed by atoms with van der Waals surface area (Å²) in [5, 5.41) is 14.1. The highest BCUT2D eigenvalue weighted by atomic mass is 31.2. The number of hydrogen-bond donors (Lipinski definition) is 8. The first kappa shape index (κ1) is 45.6. The first-order valence-electron chi connectivity index (χ1n) is 18.5. The number of esters is 1. The molecule has 4 aromatic rings. The summed E-state index contributed by atoms with van der Waals surface area (Å²) in [6.45, 7) is -1.38. The topological polar surface area (TPSA) is 382 Å². The van der Waals surface area contributed by atoms with E-state index in [9.17, 15) is 43.3 Å². The van der Waals surface area contributed by atoms with Crippen LogP contribution in [0.5, 0.6) is 0 Å². The zero-order valence-corrected chi connectivity index (χ0v) is 33.8. The van der Waals surface area contributed by atoms with Crippen molar-refractivity contribution in [1.82, 2.24) is 34.4 Å². The number of unbranched alkanes of at least 4 members (excludes halogenated alkanes) is 1. The second-order valence-electron chi connectivity index (χ2n) is 13.7. The largest absolute Gasteiger partial charge is 0.472 e. The van der Waals surface area contributed by atoms with E-state index in [1.807, 2.05) is 30.3 Å². The highest BCUT2D eigenvalue weighted by Gasteiger charge is 2.50. The summed E-state index contributed by atoms with van der Waals surface area (Å²) >= 11 is 0. The minimum atomic E-state index is -5.18. The Bertz CT molecular complexity index is 2300. The minimum Gasteiger partial charge on any atom is -0.455 e. The van der Waals surface area contributed by atoms with Gasteiger partial charge in [-0.05, 0) is 30.9 Å². The molecule has 2 saturated heterocycles. The van der Waals surface area contributed by atoms with E-state index in [1.165, 1.54) is 23.2 Å². The van der Waals surface area contributed by atoms with Crippen molar-refractivity contribution in [3.8, 4) is 0 Å². The maximum Gasteiger partial charge on any atom is 0.472 e. The molecule has 61 heavy (non-hydrogen) atoms. The number of phosphoric ester groups is 2. The van der Waals surface area contributed by atoms with Crippen LogP contribution >= 0.6 is 15.6 Å². The number of benzene rings is 1. The molecule has 2 unspecified atom stereocenters. The van der Waals surface area contributed by atoms with Crippen LogP contribution in [-0.4, -0.2) is 117 Å². The van der Waals surface area contributed by atoms with Crippen LogP contribution in [0.1, 0.15) is 43.7 Å². The highest BCUT2D eigenvalue weighted by Crippen LogP contribution is 2.50. The van der Waals surface area contributed by atoms with Gasteiger partial charge in [0.15, 0.2) is 23.8 Å². The van der Waals surface area contributed by atoms with Crippen molar-refractivity contribution in [2.45, 2.75) is 81.3 Å². The van der Waals surface area contributed by atoms with Gasteiger partial charge in [0.05, 0.1) is 19.5 Å². The van der Waals surface area contributed by atoms with E-state index < -0.39 is 95.6 Å². The van der Waals surface area contributed by atoms with Crippen molar-refractivity contribution in [3.63, 3.8) is 0 Å². The normalized spacial score (nSPS) is 24.3. The fourth-order valence-electron chi connectivity index (χ4n) is 6.40. The van der Waals surface area contributed by atoms with E-state index in [1.54, 1.807) is 0 Å². The average molecular weight is 899 g/mol. The summed E-state index contributed by atoms with van der Waals surface area (Å²) in [5.41, 5.74) is 17.9. The van der Waals surface area contributed by atoms with E-state index in [-0.39, 0.29) is 48.8 Å². The fourth-order valence-corrected chi connectivity index (χ4v) is 7.70. The van der Waals surface area contributed by atoms with Crippen molar-refractivity contribution in [2.24, 2.45) is 5.73 Å². The molecular formula is C33H44N10O16P2. The Hall–Kier alpha value is -4.95. The first-order chi connectivity index (χ1) is 29.0. The van der Waals surface area contributed by atoms with Gasteiger partial charge in [-0.1, -0.05) is 30.3 Å². The lowest BCUT2D eigenvalue weighted by molar-refractivity contribution is -0.158. The van der Waals surface area contributed by atoms with Crippen LogP contribution in [0, 0.1) is 0 Å². The first-order valence-corrected chi connectivity index (χ1v) is 21.5. The zero-order chi connectivity index (χ0) is 43.9. The summed E-state index contributed by atoms with van der Waals surface area (Å²) in [4.78, 5) is 83.0. The number of nitrogens with zero attached hydrogens (tertiary/aromatic N) is 6. The Kier molecular flexibility index (Phi) is 14.8. The van der Waals surface area contributed by atoms with E-state index in [4.69, 9.17) is 45.2 Å². The van der Waals surface area contributed by atoms with Crippen LogP contribution in [0.15, 0.2) is 60.0 Å². The molecule has 3 aromatic heterocycles. The average Bonchev–Trinajstić information content (AvgIpc) is 3.90. The number of carbonyl (C=O) groups excluding carboxylic acids is 2. The molecule has 2 aliphatic rings. The van der Waals surface area contributed by atoms with Crippen molar-refractivity contribution >= 4 is 50.5 Å². The van der Waals surface area contributed by atoms with Crippen molar-refractivity contribution in [2.75, 3.05) is 31.2 Å². The predicted octanol–water partition coefficient (Wildman–Crippen LogP) is -0.259. The smallest absolute Gasteiger partial charge is 0.455 e. The van der Waals surface area contributed by atoms with Crippen LogP contribution in [0.2, 0.25) is 0 Å². The number of hydrogen-bond acceptors (Lipinski definition) is 20. The third-order valence-electron chi connectivity index (χ3n) is 9.37. The van der Waals surface area contributed by atoms with Crippen molar-refractivity contribution < 1.29 is 71.0 Å². The van der Waals surface area contributed by atoms with Gasteiger partial charge in [0.25, 0.3) is 0 Å². The molecule has 1 amide bonds.